The first-order valence-corrected chi connectivity index (χ1v) is 11.2. The summed E-state index contributed by atoms with van der Waals surface area (Å²) in [6.07, 6.45) is 3.37. The molecule has 4 aromatic rings. The molecule has 3 aromatic carbocycles. The lowest BCUT2D eigenvalue weighted by atomic mass is 9.81. The molecule has 0 atom stereocenters. The molecule has 1 aliphatic rings. The number of hydrogen-bond acceptors (Lipinski definition) is 1. The van der Waals surface area contributed by atoms with E-state index in [1.807, 2.05) is 36.4 Å². The third kappa shape index (κ3) is 2.97. The Morgan fingerprint density at radius 3 is 2.44 bits per heavy atom. The Labute approximate surface area is 187 Å². The molecule has 0 unspecified atom stereocenters. The molecule has 5 rings (SSSR count). The number of rotatable bonds is 5. The summed E-state index contributed by atoms with van der Waals surface area (Å²) < 4.78 is 15.7. The number of amides is 1. The number of aryl methyl sites for hydroxylation is 1. The van der Waals surface area contributed by atoms with Crippen molar-refractivity contribution < 1.29 is 9.18 Å². The van der Waals surface area contributed by atoms with Crippen LogP contribution in [0.5, 0.6) is 0 Å². The van der Waals surface area contributed by atoms with E-state index in [4.69, 9.17) is 5.73 Å². The van der Waals surface area contributed by atoms with Crippen molar-refractivity contribution in [3.8, 4) is 22.4 Å². The Morgan fingerprint density at radius 1 is 1.03 bits per heavy atom. The van der Waals surface area contributed by atoms with Crippen molar-refractivity contribution in [1.82, 2.24) is 4.98 Å². The molecule has 0 radical (unpaired) electrons. The van der Waals surface area contributed by atoms with Gasteiger partial charge in [-0.05, 0) is 47.2 Å². The zero-order chi connectivity index (χ0) is 22.6. The van der Waals surface area contributed by atoms with Gasteiger partial charge >= 0.3 is 0 Å². The number of H-pyrrole nitrogens is 1. The normalized spacial score (nSPS) is 13.9. The first-order chi connectivity index (χ1) is 15.3. The average Bonchev–Trinajstić information content (AvgIpc) is 3.28. The topological polar surface area (TPSA) is 58.9 Å². The van der Waals surface area contributed by atoms with Crippen LogP contribution in [0.3, 0.4) is 0 Å². The standard InChI is InChI=1S/C28H27FN2O/c1-4-5-6-16-7-9-17(10-8-16)19-13-14-21-23-25(31-26(21)24(19)29)20-12-11-18(27(30)32)15-22(20)28(23,2)3/h7-15,31H,4-6H2,1-3H3,(H2,30,32). The number of aromatic nitrogens is 1. The van der Waals surface area contributed by atoms with Gasteiger partial charge in [-0.2, -0.15) is 0 Å². The predicted octanol–water partition coefficient (Wildman–Crippen LogP) is 6.72. The second-order valence-electron chi connectivity index (χ2n) is 9.27. The Hall–Kier alpha value is -3.40. The fraction of sp³-hybridized carbons (Fsp3) is 0.250. The van der Waals surface area contributed by atoms with Crippen molar-refractivity contribution in [1.29, 1.82) is 0 Å². The van der Waals surface area contributed by atoms with E-state index in [-0.39, 0.29) is 11.2 Å². The lowest BCUT2D eigenvalue weighted by molar-refractivity contribution is 0.1000. The van der Waals surface area contributed by atoms with Crippen molar-refractivity contribution in [2.75, 3.05) is 0 Å². The SMILES string of the molecule is CCCCc1ccc(-c2ccc3c4c([nH]c3c2F)-c2ccc(C(N)=O)cc2C4(C)C)cc1. The number of nitrogens with one attached hydrogen (secondary N) is 1. The molecule has 0 spiro atoms. The second kappa shape index (κ2) is 7.33. The fourth-order valence-corrected chi connectivity index (χ4v) is 5.10. The first kappa shape index (κ1) is 20.5. The van der Waals surface area contributed by atoms with Crippen LogP contribution in [0.15, 0.2) is 54.6 Å². The van der Waals surface area contributed by atoms with Gasteiger partial charge in [0, 0.05) is 27.5 Å². The maximum atomic E-state index is 15.7. The molecule has 3 nitrogen and oxygen atoms in total. The zero-order valence-electron chi connectivity index (χ0n) is 18.7. The number of benzene rings is 3. The van der Waals surface area contributed by atoms with E-state index in [1.165, 1.54) is 5.56 Å². The van der Waals surface area contributed by atoms with Crippen molar-refractivity contribution >= 4 is 16.8 Å². The van der Waals surface area contributed by atoms with E-state index in [9.17, 15) is 4.79 Å². The lowest BCUT2D eigenvalue weighted by Gasteiger charge is -2.22. The molecule has 0 fully saturated rings. The van der Waals surface area contributed by atoms with Crippen LogP contribution in [-0.4, -0.2) is 10.9 Å². The molecular formula is C28H27FN2O. The third-order valence-corrected chi connectivity index (χ3v) is 6.87. The number of aromatic amines is 1. The number of carbonyl (C=O) groups is 1. The van der Waals surface area contributed by atoms with Crippen LogP contribution in [0.1, 0.15) is 60.7 Å². The minimum atomic E-state index is -0.444. The van der Waals surface area contributed by atoms with E-state index >= 15 is 4.39 Å². The van der Waals surface area contributed by atoms with E-state index in [2.05, 4.69) is 37.9 Å². The summed E-state index contributed by atoms with van der Waals surface area (Å²) in [5.41, 5.74) is 12.9. The summed E-state index contributed by atoms with van der Waals surface area (Å²) in [4.78, 5) is 15.1. The van der Waals surface area contributed by atoms with Gasteiger partial charge < -0.3 is 10.7 Å². The smallest absolute Gasteiger partial charge is 0.248 e. The van der Waals surface area contributed by atoms with Gasteiger partial charge in [-0.25, -0.2) is 4.39 Å². The number of hydrogen-bond donors (Lipinski definition) is 2. The van der Waals surface area contributed by atoms with Gasteiger partial charge in [0.15, 0.2) is 5.82 Å². The van der Waals surface area contributed by atoms with E-state index in [0.29, 0.717) is 16.6 Å². The molecule has 0 saturated heterocycles. The van der Waals surface area contributed by atoms with Crippen LogP contribution in [0.2, 0.25) is 0 Å². The van der Waals surface area contributed by atoms with Crippen LogP contribution >= 0.6 is 0 Å². The Bertz CT molecular complexity index is 1360. The number of halogens is 1. The monoisotopic (exact) mass is 426 g/mol. The highest BCUT2D eigenvalue weighted by molar-refractivity contribution is 6.00. The summed E-state index contributed by atoms with van der Waals surface area (Å²) in [5.74, 6) is -0.676. The largest absolute Gasteiger partial charge is 0.366 e. The summed E-state index contributed by atoms with van der Waals surface area (Å²) in [7, 11) is 0. The Kier molecular flexibility index (Phi) is 4.70. The van der Waals surface area contributed by atoms with Crippen LogP contribution < -0.4 is 5.73 Å². The summed E-state index contributed by atoms with van der Waals surface area (Å²) >= 11 is 0. The van der Waals surface area contributed by atoms with Gasteiger partial charge in [0.2, 0.25) is 5.91 Å². The van der Waals surface area contributed by atoms with Gasteiger partial charge in [-0.3, -0.25) is 4.79 Å². The number of primary amides is 1. The maximum absolute atomic E-state index is 15.7. The van der Waals surface area contributed by atoms with Gasteiger partial charge in [0.05, 0.1) is 11.2 Å². The molecular weight excluding hydrogens is 399 g/mol. The first-order valence-electron chi connectivity index (χ1n) is 11.2. The number of unbranched alkanes of at least 4 members (excludes halogenated alkanes) is 1. The predicted molar refractivity (Wildman–Crippen MR) is 128 cm³/mol. The number of nitrogens with two attached hydrogens (primary N) is 1. The second-order valence-corrected chi connectivity index (χ2v) is 9.27. The van der Waals surface area contributed by atoms with Gasteiger partial charge in [0.1, 0.15) is 0 Å². The molecule has 4 heteroatoms. The highest BCUT2D eigenvalue weighted by Crippen LogP contribution is 2.52. The molecule has 0 bridgehead atoms. The van der Waals surface area contributed by atoms with Crippen LogP contribution in [0.4, 0.5) is 4.39 Å². The van der Waals surface area contributed by atoms with Gasteiger partial charge in [-0.1, -0.05) is 69.7 Å². The molecule has 32 heavy (non-hydrogen) atoms. The summed E-state index contributed by atoms with van der Waals surface area (Å²) in [5, 5.41) is 0.877. The highest BCUT2D eigenvalue weighted by Gasteiger charge is 2.39. The molecule has 3 N–H and O–H groups in total. The molecule has 1 aliphatic carbocycles. The fourth-order valence-electron chi connectivity index (χ4n) is 5.10. The summed E-state index contributed by atoms with van der Waals surface area (Å²) in [6.45, 7) is 6.40. The van der Waals surface area contributed by atoms with Crippen LogP contribution in [0.25, 0.3) is 33.3 Å². The van der Waals surface area contributed by atoms with E-state index in [1.54, 1.807) is 6.07 Å². The van der Waals surface area contributed by atoms with Crippen LogP contribution in [-0.2, 0) is 11.8 Å². The van der Waals surface area contributed by atoms with Gasteiger partial charge in [-0.15, -0.1) is 0 Å². The number of carbonyl (C=O) groups excluding carboxylic acids is 1. The maximum Gasteiger partial charge on any atom is 0.248 e. The van der Waals surface area contributed by atoms with Gasteiger partial charge in [0.25, 0.3) is 0 Å². The van der Waals surface area contributed by atoms with Crippen molar-refractivity contribution in [2.24, 2.45) is 5.73 Å². The highest BCUT2D eigenvalue weighted by atomic mass is 19.1. The van der Waals surface area contributed by atoms with Crippen molar-refractivity contribution in [3.63, 3.8) is 0 Å². The third-order valence-electron chi connectivity index (χ3n) is 6.87. The Balaban J connectivity index is 1.62. The van der Waals surface area contributed by atoms with Crippen molar-refractivity contribution in [2.45, 2.75) is 45.4 Å². The molecule has 1 amide bonds. The molecule has 1 heterocycles. The van der Waals surface area contributed by atoms with Crippen molar-refractivity contribution in [3.05, 3.63) is 82.7 Å². The Morgan fingerprint density at radius 2 is 1.75 bits per heavy atom. The molecule has 162 valence electrons. The zero-order valence-corrected chi connectivity index (χ0v) is 18.7. The minimum Gasteiger partial charge on any atom is -0.366 e. The summed E-state index contributed by atoms with van der Waals surface area (Å²) in [6, 6.07) is 17.6. The number of fused-ring (bicyclic) bond motifs is 5. The average molecular weight is 427 g/mol. The minimum absolute atomic E-state index is 0.232. The van der Waals surface area contributed by atoms with E-state index in [0.717, 1.165) is 52.6 Å². The van der Waals surface area contributed by atoms with Crippen LogP contribution in [0, 0.1) is 5.82 Å². The molecule has 1 aromatic heterocycles. The molecule has 0 aliphatic heterocycles. The van der Waals surface area contributed by atoms with E-state index < -0.39 is 5.91 Å². The molecule has 0 saturated carbocycles. The lowest BCUT2D eigenvalue weighted by Crippen LogP contribution is -2.17. The quantitative estimate of drug-likeness (QED) is 0.365.